The second-order valence-electron chi connectivity index (χ2n) is 11.1. The molecule has 1 heterocycles. The van der Waals surface area contributed by atoms with Gasteiger partial charge in [0, 0.05) is 57.2 Å². The minimum absolute atomic E-state index is 0.00737. The number of likely N-dealkylation sites (N-methyl/N-ethyl adjacent to an activating group) is 1. The average molecular weight is 554 g/mol. The van der Waals surface area contributed by atoms with Crippen LogP contribution in [-0.4, -0.2) is 63.0 Å². The van der Waals surface area contributed by atoms with E-state index in [0.717, 1.165) is 65.9 Å². The van der Waals surface area contributed by atoms with E-state index >= 15 is 0 Å². The van der Waals surface area contributed by atoms with Crippen LogP contribution in [0.15, 0.2) is 55.3 Å². The quantitative estimate of drug-likeness (QED) is 0.226. The van der Waals surface area contributed by atoms with Gasteiger partial charge in [0.1, 0.15) is 11.9 Å². The zero-order valence-corrected chi connectivity index (χ0v) is 24.8. The van der Waals surface area contributed by atoms with E-state index in [1.165, 1.54) is 5.56 Å². The van der Waals surface area contributed by atoms with Gasteiger partial charge < -0.3 is 26.2 Å². The number of likely N-dealkylation sites (tertiary alicyclic amines) is 1. The lowest BCUT2D eigenvalue weighted by molar-refractivity contribution is 0.0963. The maximum atomic E-state index is 12.6. The maximum Gasteiger partial charge on any atom is 0.251 e. The third-order valence-electron chi connectivity index (χ3n) is 8.68. The SMILES string of the molecule is C=C(NC)c1ccc2c(c1)CCc1cc(C(=O)NC)ccc1C2(C[C@@H](C)NCC(=C)N1CCCC1C#N)C(=N)NC. The summed E-state index contributed by atoms with van der Waals surface area (Å²) in [5.74, 6) is 0.286. The number of amidine groups is 1. The molecule has 1 aliphatic heterocycles. The second-order valence-corrected chi connectivity index (χ2v) is 11.1. The zero-order valence-electron chi connectivity index (χ0n) is 24.8. The molecule has 3 atom stereocenters. The van der Waals surface area contributed by atoms with E-state index in [1.54, 1.807) is 14.1 Å². The molecule has 1 saturated heterocycles. The van der Waals surface area contributed by atoms with Gasteiger partial charge >= 0.3 is 0 Å². The lowest BCUT2D eigenvalue weighted by Gasteiger charge is -2.39. The number of nitriles is 1. The number of nitrogens with zero attached hydrogens (tertiary/aromatic N) is 2. The van der Waals surface area contributed by atoms with E-state index < -0.39 is 5.41 Å². The van der Waals surface area contributed by atoms with Crippen molar-refractivity contribution >= 4 is 17.4 Å². The topological polar surface area (TPSA) is 116 Å². The van der Waals surface area contributed by atoms with Crippen molar-refractivity contribution in [2.75, 3.05) is 34.2 Å². The Morgan fingerprint density at radius 1 is 1.07 bits per heavy atom. The summed E-state index contributed by atoms with van der Waals surface area (Å²) in [6.07, 6.45) is 4.04. The van der Waals surface area contributed by atoms with Gasteiger partial charge in [-0.2, -0.15) is 5.26 Å². The van der Waals surface area contributed by atoms with Crippen LogP contribution < -0.4 is 21.3 Å². The molecular formula is C33H43N7O. The first kappa shape index (κ1) is 29.9. The van der Waals surface area contributed by atoms with E-state index in [9.17, 15) is 15.5 Å². The average Bonchev–Trinajstić information content (AvgIpc) is 3.44. The Morgan fingerprint density at radius 2 is 1.71 bits per heavy atom. The number of rotatable bonds is 10. The Labute approximate surface area is 244 Å². The normalized spacial score (nSPS) is 20.1. The van der Waals surface area contributed by atoms with Crippen LogP contribution in [0.1, 0.15) is 64.4 Å². The van der Waals surface area contributed by atoms with E-state index in [0.29, 0.717) is 24.4 Å². The van der Waals surface area contributed by atoms with Crippen LogP contribution in [0.5, 0.6) is 0 Å². The molecule has 216 valence electrons. The second kappa shape index (κ2) is 12.6. The molecule has 0 saturated carbocycles. The molecular weight excluding hydrogens is 510 g/mol. The van der Waals surface area contributed by atoms with Crippen molar-refractivity contribution in [2.45, 2.75) is 56.5 Å². The molecule has 2 aromatic rings. The molecule has 0 aromatic heterocycles. The van der Waals surface area contributed by atoms with Crippen molar-refractivity contribution < 1.29 is 4.79 Å². The lowest BCUT2D eigenvalue weighted by Crippen LogP contribution is -2.49. The number of hydrogen-bond donors (Lipinski definition) is 5. The molecule has 2 unspecified atom stereocenters. The van der Waals surface area contributed by atoms with Crippen molar-refractivity contribution in [1.82, 2.24) is 26.2 Å². The number of amides is 1. The van der Waals surface area contributed by atoms with E-state index in [-0.39, 0.29) is 18.0 Å². The summed E-state index contributed by atoms with van der Waals surface area (Å²) in [4.78, 5) is 14.7. The smallest absolute Gasteiger partial charge is 0.251 e. The van der Waals surface area contributed by atoms with Gasteiger partial charge in [-0.3, -0.25) is 10.2 Å². The number of benzene rings is 2. The molecule has 41 heavy (non-hydrogen) atoms. The molecule has 0 spiro atoms. The Hall–Kier alpha value is -4.09. The molecule has 0 radical (unpaired) electrons. The summed E-state index contributed by atoms with van der Waals surface area (Å²) in [5.41, 5.74) is 7.01. The highest BCUT2D eigenvalue weighted by atomic mass is 16.1. The van der Waals surface area contributed by atoms with Gasteiger partial charge in [-0.1, -0.05) is 31.4 Å². The molecule has 8 nitrogen and oxygen atoms in total. The molecule has 0 bridgehead atoms. The van der Waals surface area contributed by atoms with E-state index in [1.807, 2.05) is 25.2 Å². The van der Waals surface area contributed by atoms with Crippen molar-refractivity contribution in [3.8, 4) is 6.07 Å². The Bertz CT molecular complexity index is 1320. The largest absolute Gasteiger partial charge is 0.388 e. The van der Waals surface area contributed by atoms with Crippen LogP contribution in [0.2, 0.25) is 0 Å². The minimum atomic E-state index is -0.771. The molecule has 8 heteroatoms. The molecule has 2 aliphatic rings. The van der Waals surface area contributed by atoms with Gasteiger partial charge in [0.2, 0.25) is 0 Å². The van der Waals surface area contributed by atoms with Crippen LogP contribution in [0.3, 0.4) is 0 Å². The van der Waals surface area contributed by atoms with Gasteiger partial charge in [-0.15, -0.1) is 0 Å². The predicted molar refractivity (Wildman–Crippen MR) is 166 cm³/mol. The Kier molecular flexibility index (Phi) is 9.19. The fraction of sp³-hybridized carbons (Fsp3) is 0.424. The highest BCUT2D eigenvalue weighted by Crippen LogP contribution is 2.44. The van der Waals surface area contributed by atoms with Gasteiger partial charge in [-0.25, -0.2) is 0 Å². The maximum absolute atomic E-state index is 12.6. The van der Waals surface area contributed by atoms with Gasteiger partial charge in [0.25, 0.3) is 5.91 Å². The van der Waals surface area contributed by atoms with E-state index in [4.69, 9.17) is 0 Å². The Morgan fingerprint density at radius 3 is 2.29 bits per heavy atom. The summed E-state index contributed by atoms with van der Waals surface area (Å²) >= 11 is 0. The van der Waals surface area contributed by atoms with Crippen molar-refractivity contribution in [1.29, 1.82) is 10.7 Å². The molecule has 4 rings (SSSR count). The van der Waals surface area contributed by atoms with Crippen molar-refractivity contribution in [2.24, 2.45) is 0 Å². The third-order valence-corrected chi connectivity index (χ3v) is 8.68. The van der Waals surface area contributed by atoms with Crippen molar-refractivity contribution in [3.05, 3.63) is 88.6 Å². The monoisotopic (exact) mass is 553 g/mol. The van der Waals surface area contributed by atoms with Crippen LogP contribution in [0, 0.1) is 16.7 Å². The predicted octanol–water partition coefficient (Wildman–Crippen LogP) is 3.69. The van der Waals surface area contributed by atoms with Gasteiger partial charge in [0.15, 0.2) is 0 Å². The summed E-state index contributed by atoms with van der Waals surface area (Å²) < 4.78 is 0. The molecule has 1 aliphatic carbocycles. The Balaban J connectivity index is 1.78. The molecule has 2 aromatic carbocycles. The van der Waals surface area contributed by atoms with Crippen LogP contribution in [0.4, 0.5) is 0 Å². The number of carbonyl (C=O) groups excluding carboxylic acids is 1. The number of hydrogen-bond acceptors (Lipinski definition) is 6. The van der Waals surface area contributed by atoms with Gasteiger partial charge in [-0.05, 0) is 85.0 Å². The number of aryl methyl sites for hydroxylation is 2. The number of fused-ring (bicyclic) bond motifs is 2. The number of carbonyl (C=O) groups is 1. The molecule has 5 N–H and O–H groups in total. The van der Waals surface area contributed by atoms with Gasteiger partial charge in [0.05, 0.1) is 11.5 Å². The standard InChI is InChI=1S/C33H43N7O/c1-21(39-20-22(2)40-15-7-8-28(40)19-34)18-33(32(35)38-6)29-13-11-24(23(3)36-4)16-25(29)9-10-26-17-27(31(41)37-5)12-14-30(26)33/h11-14,16-17,21,28,36,39H,2-3,7-10,15,18,20H2,1,4-6H3,(H2,35,38)(H,37,41)/t21-,28?,33?/m1/s1. The fourth-order valence-electron chi connectivity index (χ4n) is 6.47. The molecule has 1 amide bonds. The molecule has 1 fully saturated rings. The minimum Gasteiger partial charge on any atom is -0.388 e. The van der Waals surface area contributed by atoms with E-state index in [2.05, 4.69) is 70.5 Å². The first-order valence-corrected chi connectivity index (χ1v) is 14.4. The highest BCUT2D eigenvalue weighted by molar-refractivity contribution is 5.97. The first-order valence-electron chi connectivity index (χ1n) is 14.4. The summed E-state index contributed by atoms with van der Waals surface area (Å²) in [6, 6.07) is 14.6. The van der Waals surface area contributed by atoms with Crippen molar-refractivity contribution in [3.63, 3.8) is 0 Å². The lowest BCUT2D eigenvalue weighted by atomic mass is 9.67. The van der Waals surface area contributed by atoms with Crippen LogP contribution >= 0.6 is 0 Å². The van der Waals surface area contributed by atoms with Crippen LogP contribution in [0.25, 0.3) is 5.70 Å². The summed E-state index contributed by atoms with van der Waals surface area (Å²) in [5, 5.41) is 31.7. The first-order chi connectivity index (χ1) is 19.7. The summed E-state index contributed by atoms with van der Waals surface area (Å²) in [7, 11) is 5.32. The van der Waals surface area contributed by atoms with Crippen LogP contribution in [-0.2, 0) is 18.3 Å². The highest BCUT2D eigenvalue weighted by Gasteiger charge is 2.44. The fourth-order valence-corrected chi connectivity index (χ4v) is 6.47. The summed E-state index contributed by atoms with van der Waals surface area (Å²) in [6.45, 7) is 12.0. The third kappa shape index (κ3) is 5.73. The number of nitrogens with one attached hydrogen (secondary N) is 5. The zero-order chi connectivity index (χ0) is 29.7.